The van der Waals surface area contributed by atoms with Crippen LogP contribution in [0.5, 0.6) is 0 Å². The van der Waals surface area contributed by atoms with Crippen LogP contribution in [-0.4, -0.2) is 4.57 Å². The van der Waals surface area contributed by atoms with Crippen molar-refractivity contribution in [1.29, 1.82) is 0 Å². The topological polar surface area (TPSA) is 4.93 Å². The Morgan fingerprint density at radius 1 is 1.05 bits per heavy atom. The summed E-state index contributed by atoms with van der Waals surface area (Å²) in [4.78, 5) is 0. The van der Waals surface area contributed by atoms with Crippen LogP contribution in [0.1, 0.15) is 12.5 Å². The Morgan fingerprint density at radius 3 is 2.57 bits per heavy atom. The van der Waals surface area contributed by atoms with Crippen molar-refractivity contribution in [3.05, 3.63) is 78.9 Å². The van der Waals surface area contributed by atoms with Crippen molar-refractivity contribution in [2.75, 3.05) is 0 Å². The van der Waals surface area contributed by atoms with Gasteiger partial charge in [-0.2, -0.15) is 0 Å². The first kappa shape index (κ1) is 13.4. The molecule has 3 aromatic rings. The van der Waals surface area contributed by atoms with Gasteiger partial charge >= 0.3 is 0 Å². The summed E-state index contributed by atoms with van der Waals surface area (Å²) in [5, 5.41) is 2.58. The molecule has 104 valence electrons. The van der Waals surface area contributed by atoms with Gasteiger partial charge in [-0.3, -0.25) is 0 Å². The average Bonchev–Trinajstić information content (AvgIpc) is 2.81. The van der Waals surface area contributed by atoms with Crippen LogP contribution in [0.25, 0.3) is 27.5 Å². The monoisotopic (exact) mass is 273 g/mol. The van der Waals surface area contributed by atoms with Crippen LogP contribution in [0, 0.1) is 6.92 Å². The van der Waals surface area contributed by atoms with Crippen LogP contribution in [-0.2, 0) is 0 Å². The number of fused-ring (bicyclic) bond motifs is 3. The molecule has 0 N–H and O–H groups in total. The van der Waals surface area contributed by atoms with Gasteiger partial charge in [-0.05, 0) is 44.2 Å². The van der Waals surface area contributed by atoms with E-state index < -0.39 is 0 Å². The number of allylic oxidation sites excluding steroid dienone is 5. The molecular weight excluding hydrogens is 254 g/mol. The molecule has 0 saturated heterocycles. The molecule has 0 spiro atoms. The summed E-state index contributed by atoms with van der Waals surface area (Å²) >= 11 is 0. The number of hydrogen-bond acceptors (Lipinski definition) is 0. The van der Waals surface area contributed by atoms with Gasteiger partial charge in [0.15, 0.2) is 0 Å². The van der Waals surface area contributed by atoms with Gasteiger partial charge in [0.25, 0.3) is 0 Å². The molecule has 1 heteroatoms. The normalized spacial score (nSPS) is 12.6. The molecule has 0 aliphatic rings. The van der Waals surface area contributed by atoms with E-state index in [1.54, 1.807) is 0 Å². The molecule has 1 heterocycles. The minimum absolute atomic E-state index is 1.13. The lowest BCUT2D eigenvalue weighted by molar-refractivity contribution is 1.23. The molecule has 0 aliphatic heterocycles. The molecule has 0 radical (unpaired) electrons. The molecule has 2 aromatic carbocycles. The Labute approximate surface area is 125 Å². The van der Waals surface area contributed by atoms with Crippen LogP contribution in [0.4, 0.5) is 0 Å². The maximum atomic E-state index is 3.84. The van der Waals surface area contributed by atoms with Crippen molar-refractivity contribution in [2.45, 2.75) is 13.8 Å². The van der Waals surface area contributed by atoms with E-state index in [4.69, 9.17) is 0 Å². The molecule has 0 aliphatic carbocycles. The van der Waals surface area contributed by atoms with Crippen molar-refractivity contribution in [3.8, 4) is 0 Å². The second-order valence-corrected chi connectivity index (χ2v) is 5.20. The second-order valence-electron chi connectivity index (χ2n) is 5.20. The molecule has 0 unspecified atom stereocenters. The van der Waals surface area contributed by atoms with E-state index in [2.05, 4.69) is 72.7 Å². The molecule has 0 amide bonds. The lowest BCUT2D eigenvalue weighted by Crippen LogP contribution is -1.94. The van der Waals surface area contributed by atoms with Crippen LogP contribution in [0.2, 0.25) is 0 Å². The molecule has 21 heavy (non-hydrogen) atoms. The Morgan fingerprint density at radius 2 is 1.81 bits per heavy atom. The minimum atomic E-state index is 1.13. The molecule has 3 rings (SSSR count). The molecular formula is C20H19N. The first-order valence-electron chi connectivity index (χ1n) is 7.22. The minimum Gasteiger partial charge on any atom is -0.309 e. The van der Waals surface area contributed by atoms with E-state index in [0.29, 0.717) is 0 Å². The molecule has 1 aromatic heterocycles. The number of hydrogen-bond donors (Lipinski definition) is 0. The quantitative estimate of drug-likeness (QED) is 0.539. The summed E-state index contributed by atoms with van der Waals surface area (Å²) in [7, 11) is 0. The second kappa shape index (κ2) is 5.45. The van der Waals surface area contributed by atoms with E-state index in [1.807, 2.05) is 19.1 Å². The van der Waals surface area contributed by atoms with Gasteiger partial charge in [-0.1, -0.05) is 48.6 Å². The van der Waals surface area contributed by atoms with Gasteiger partial charge in [-0.25, -0.2) is 0 Å². The van der Waals surface area contributed by atoms with Crippen LogP contribution < -0.4 is 0 Å². The molecule has 0 fully saturated rings. The summed E-state index contributed by atoms with van der Waals surface area (Å²) in [6, 6.07) is 15.2. The Balaban J connectivity index is 2.49. The van der Waals surface area contributed by atoms with Gasteiger partial charge < -0.3 is 4.57 Å². The summed E-state index contributed by atoms with van der Waals surface area (Å²) in [5.74, 6) is 0. The number of benzene rings is 2. The molecule has 0 saturated carbocycles. The number of para-hydroxylation sites is 1. The maximum absolute atomic E-state index is 3.84. The van der Waals surface area contributed by atoms with Crippen molar-refractivity contribution < 1.29 is 0 Å². The first-order chi connectivity index (χ1) is 10.3. The van der Waals surface area contributed by atoms with E-state index in [-0.39, 0.29) is 0 Å². The summed E-state index contributed by atoms with van der Waals surface area (Å²) in [6.07, 6.45) is 8.06. The van der Waals surface area contributed by atoms with E-state index in [0.717, 1.165) is 5.70 Å². The average molecular weight is 273 g/mol. The van der Waals surface area contributed by atoms with Gasteiger partial charge in [0.05, 0.1) is 11.0 Å². The zero-order valence-corrected chi connectivity index (χ0v) is 12.5. The number of aryl methyl sites for hydroxylation is 1. The fourth-order valence-corrected chi connectivity index (χ4v) is 2.86. The van der Waals surface area contributed by atoms with E-state index in [9.17, 15) is 0 Å². The Bertz CT molecular complexity index is 875. The molecule has 0 bridgehead atoms. The van der Waals surface area contributed by atoms with Crippen LogP contribution >= 0.6 is 0 Å². The van der Waals surface area contributed by atoms with Crippen molar-refractivity contribution in [3.63, 3.8) is 0 Å². The fraction of sp³-hybridized carbons (Fsp3) is 0.100. The third-order valence-corrected chi connectivity index (χ3v) is 3.71. The number of rotatable bonds is 3. The summed E-state index contributed by atoms with van der Waals surface area (Å²) in [6.45, 7) is 8.02. The zero-order chi connectivity index (χ0) is 14.8. The third kappa shape index (κ3) is 2.21. The molecule has 0 atom stereocenters. The van der Waals surface area contributed by atoms with Gasteiger partial charge in [0.2, 0.25) is 0 Å². The molecule has 1 nitrogen and oxygen atoms in total. The lowest BCUT2D eigenvalue weighted by Gasteiger charge is -2.08. The highest BCUT2D eigenvalue weighted by Gasteiger charge is 2.11. The lowest BCUT2D eigenvalue weighted by atomic mass is 10.1. The first-order valence-corrected chi connectivity index (χ1v) is 7.22. The van der Waals surface area contributed by atoms with Gasteiger partial charge in [0.1, 0.15) is 0 Å². The predicted octanol–water partition coefficient (Wildman–Crippen LogP) is 5.71. The zero-order valence-electron chi connectivity index (χ0n) is 12.5. The number of aromatic nitrogens is 1. The standard InChI is InChI=1S/C20H19N/c1-4-8-16(9-5-2)21-19-11-7-6-10-17(19)18-14-15(3)12-13-20(18)21/h4-14H,1H2,2-3H3/b9-5-,16-8+. The third-order valence-electron chi connectivity index (χ3n) is 3.71. The Kier molecular flexibility index (Phi) is 3.49. The SMILES string of the molecule is C=C/C=C(\C=C/C)n1c2ccccc2c2cc(C)ccc21. The smallest absolute Gasteiger partial charge is 0.0541 e. The van der Waals surface area contributed by atoms with E-state index >= 15 is 0 Å². The highest BCUT2D eigenvalue weighted by Crippen LogP contribution is 2.32. The van der Waals surface area contributed by atoms with Crippen LogP contribution in [0.3, 0.4) is 0 Å². The fourth-order valence-electron chi connectivity index (χ4n) is 2.86. The Hall–Kier alpha value is -2.54. The van der Waals surface area contributed by atoms with Crippen molar-refractivity contribution in [1.82, 2.24) is 4.57 Å². The van der Waals surface area contributed by atoms with Crippen LogP contribution in [0.15, 0.2) is 73.3 Å². The highest BCUT2D eigenvalue weighted by atomic mass is 15.0. The van der Waals surface area contributed by atoms with Crippen molar-refractivity contribution >= 4 is 27.5 Å². The largest absolute Gasteiger partial charge is 0.309 e. The maximum Gasteiger partial charge on any atom is 0.0541 e. The highest BCUT2D eigenvalue weighted by molar-refractivity contribution is 6.10. The van der Waals surface area contributed by atoms with Gasteiger partial charge in [0, 0.05) is 16.5 Å². The summed E-state index contributed by atoms with van der Waals surface area (Å²) in [5.41, 5.74) is 4.87. The van der Waals surface area contributed by atoms with Gasteiger partial charge in [-0.15, -0.1) is 0 Å². The van der Waals surface area contributed by atoms with Crippen molar-refractivity contribution in [2.24, 2.45) is 0 Å². The van der Waals surface area contributed by atoms with E-state index in [1.165, 1.54) is 27.4 Å². The number of nitrogens with zero attached hydrogens (tertiary/aromatic N) is 1. The predicted molar refractivity (Wildman–Crippen MR) is 93.5 cm³/mol. The summed E-state index contributed by atoms with van der Waals surface area (Å²) < 4.78 is 2.30.